The van der Waals surface area contributed by atoms with Crippen molar-refractivity contribution in [3.63, 3.8) is 0 Å². The van der Waals surface area contributed by atoms with Crippen molar-refractivity contribution in [3.8, 4) is 0 Å². The molecule has 0 fully saturated rings. The van der Waals surface area contributed by atoms with Crippen LogP contribution in [-0.4, -0.2) is 15.9 Å². The lowest BCUT2D eigenvalue weighted by atomic mass is 10.1. The van der Waals surface area contributed by atoms with E-state index in [9.17, 15) is 4.79 Å². The van der Waals surface area contributed by atoms with Gasteiger partial charge in [0, 0.05) is 18.9 Å². The monoisotopic (exact) mass is 277 g/mol. The number of aromatic nitrogens is 2. The molecule has 0 bridgehead atoms. The second-order valence-electron chi connectivity index (χ2n) is 4.90. The van der Waals surface area contributed by atoms with Gasteiger partial charge in [-0.05, 0) is 24.6 Å². The summed E-state index contributed by atoms with van der Waals surface area (Å²) in [6.45, 7) is 2.53. The van der Waals surface area contributed by atoms with E-state index >= 15 is 0 Å². The van der Waals surface area contributed by atoms with Gasteiger partial charge in [0.15, 0.2) is 0 Å². The van der Waals surface area contributed by atoms with Gasteiger partial charge in [0.25, 0.3) is 5.91 Å². The highest BCUT2D eigenvalue weighted by Crippen LogP contribution is 2.14. The Bertz CT molecular complexity index is 793. The van der Waals surface area contributed by atoms with Gasteiger partial charge in [-0.25, -0.2) is 0 Å². The van der Waals surface area contributed by atoms with Gasteiger partial charge in [0.2, 0.25) is 0 Å². The maximum atomic E-state index is 12.3. The van der Waals surface area contributed by atoms with Crippen LogP contribution < -0.4 is 5.32 Å². The quantitative estimate of drug-likeness (QED) is 0.801. The van der Waals surface area contributed by atoms with Crippen LogP contribution in [0.25, 0.3) is 11.0 Å². The van der Waals surface area contributed by atoms with Crippen molar-refractivity contribution >= 4 is 16.9 Å². The summed E-state index contributed by atoms with van der Waals surface area (Å²) >= 11 is 0. The van der Waals surface area contributed by atoms with Gasteiger partial charge in [-0.2, -0.15) is 0 Å². The SMILES string of the molecule is Cc1cccc(CNC(=O)c2cccc3nccnc23)c1. The van der Waals surface area contributed by atoms with E-state index in [1.165, 1.54) is 5.56 Å². The fraction of sp³-hybridized carbons (Fsp3) is 0.118. The number of aryl methyl sites for hydroxylation is 1. The van der Waals surface area contributed by atoms with Crippen molar-refractivity contribution in [1.82, 2.24) is 15.3 Å². The molecular weight excluding hydrogens is 262 g/mol. The van der Waals surface area contributed by atoms with Gasteiger partial charge in [0.1, 0.15) is 5.52 Å². The molecule has 0 unspecified atom stereocenters. The molecule has 1 aromatic heterocycles. The molecule has 0 saturated heterocycles. The summed E-state index contributed by atoms with van der Waals surface area (Å²) in [6.07, 6.45) is 3.22. The van der Waals surface area contributed by atoms with Crippen LogP contribution in [0.3, 0.4) is 0 Å². The minimum Gasteiger partial charge on any atom is -0.348 e. The molecule has 0 spiro atoms. The summed E-state index contributed by atoms with van der Waals surface area (Å²) in [4.78, 5) is 20.8. The minimum atomic E-state index is -0.136. The number of rotatable bonds is 3. The van der Waals surface area contributed by atoms with Crippen molar-refractivity contribution in [3.05, 3.63) is 71.5 Å². The molecular formula is C17H15N3O. The van der Waals surface area contributed by atoms with Crippen LogP contribution in [0, 0.1) is 6.92 Å². The smallest absolute Gasteiger partial charge is 0.253 e. The first-order valence-corrected chi connectivity index (χ1v) is 6.77. The summed E-state index contributed by atoms with van der Waals surface area (Å²) in [5.74, 6) is -0.136. The number of hydrogen-bond acceptors (Lipinski definition) is 3. The number of carbonyl (C=O) groups excluding carboxylic acids is 1. The van der Waals surface area contributed by atoms with Crippen molar-refractivity contribution in [2.75, 3.05) is 0 Å². The molecule has 3 rings (SSSR count). The van der Waals surface area contributed by atoms with Crippen LogP contribution in [0.5, 0.6) is 0 Å². The lowest BCUT2D eigenvalue weighted by Gasteiger charge is -2.07. The molecule has 1 heterocycles. The van der Waals surface area contributed by atoms with E-state index in [0.717, 1.165) is 11.1 Å². The van der Waals surface area contributed by atoms with Gasteiger partial charge in [-0.15, -0.1) is 0 Å². The van der Waals surface area contributed by atoms with Gasteiger partial charge in [-0.1, -0.05) is 35.9 Å². The summed E-state index contributed by atoms with van der Waals surface area (Å²) in [6, 6.07) is 13.5. The van der Waals surface area contributed by atoms with Gasteiger partial charge in [-0.3, -0.25) is 14.8 Å². The third-order valence-corrected chi connectivity index (χ3v) is 3.28. The zero-order valence-corrected chi connectivity index (χ0v) is 11.7. The molecule has 0 aliphatic rings. The number of amides is 1. The second kappa shape index (κ2) is 5.71. The van der Waals surface area contributed by atoms with Crippen molar-refractivity contribution < 1.29 is 4.79 Å². The Morgan fingerprint density at radius 2 is 1.90 bits per heavy atom. The second-order valence-corrected chi connectivity index (χ2v) is 4.90. The summed E-state index contributed by atoms with van der Waals surface area (Å²) in [7, 11) is 0. The molecule has 0 aliphatic carbocycles. The predicted molar refractivity (Wildman–Crippen MR) is 81.9 cm³/mol. The van der Waals surface area contributed by atoms with Gasteiger partial charge < -0.3 is 5.32 Å². The maximum Gasteiger partial charge on any atom is 0.253 e. The van der Waals surface area contributed by atoms with Crippen molar-refractivity contribution in [1.29, 1.82) is 0 Å². The topological polar surface area (TPSA) is 54.9 Å². The van der Waals surface area contributed by atoms with Gasteiger partial charge in [0.05, 0.1) is 11.1 Å². The molecule has 0 radical (unpaired) electrons. The van der Waals surface area contributed by atoms with Crippen LogP contribution in [0.1, 0.15) is 21.5 Å². The number of para-hydroxylation sites is 1. The fourth-order valence-corrected chi connectivity index (χ4v) is 2.28. The number of benzene rings is 2. The summed E-state index contributed by atoms with van der Waals surface area (Å²) in [5, 5.41) is 2.93. The largest absolute Gasteiger partial charge is 0.348 e. The third kappa shape index (κ3) is 2.89. The number of nitrogens with zero attached hydrogens (tertiary/aromatic N) is 2. The Hall–Kier alpha value is -2.75. The molecule has 104 valence electrons. The Balaban J connectivity index is 1.81. The fourth-order valence-electron chi connectivity index (χ4n) is 2.28. The molecule has 0 aliphatic heterocycles. The van der Waals surface area contributed by atoms with E-state index in [2.05, 4.69) is 21.4 Å². The predicted octanol–water partition coefficient (Wildman–Crippen LogP) is 2.87. The number of hydrogen-bond donors (Lipinski definition) is 1. The Kier molecular flexibility index (Phi) is 3.60. The molecule has 0 atom stereocenters. The lowest BCUT2D eigenvalue weighted by Crippen LogP contribution is -2.23. The molecule has 4 heteroatoms. The number of nitrogens with one attached hydrogen (secondary N) is 1. The standard InChI is InChI=1S/C17H15N3O/c1-12-4-2-5-13(10-12)11-20-17(21)14-6-3-7-15-16(14)19-9-8-18-15/h2-10H,11H2,1H3,(H,20,21). The molecule has 2 aromatic carbocycles. The molecule has 1 amide bonds. The van der Waals surface area contributed by atoms with Crippen LogP contribution in [0.4, 0.5) is 0 Å². The number of carbonyl (C=O) groups is 1. The van der Waals surface area contributed by atoms with Crippen LogP contribution in [0.15, 0.2) is 54.9 Å². The highest BCUT2D eigenvalue weighted by atomic mass is 16.1. The molecule has 1 N–H and O–H groups in total. The highest BCUT2D eigenvalue weighted by molar-refractivity contribution is 6.04. The average Bonchev–Trinajstić information content (AvgIpc) is 2.52. The lowest BCUT2D eigenvalue weighted by molar-refractivity contribution is 0.0952. The van der Waals surface area contributed by atoms with E-state index < -0.39 is 0 Å². The number of fused-ring (bicyclic) bond motifs is 1. The van der Waals surface area contributed by atoms with E-state index in [1.807, 2.05) is 37.3 Å². The van der Waals surface area contributed by atoms with E-state index in [-0.39, 0.29) is 5.91 Å². The summed E-state index contributed by atoms with van der Waals surface area (Å²) < 4.78 is 0. The van der Waals surface area contributed by atoms with Crippen LogP contribution in [0.2, 0.25) is 0 Å². The minimum absolute atomic E-state index is 0.136. The van der Waals surface area contributed by atoms with E-state index in [1.54, 1.807) is 18.5 Å². The van der Waals surface area contributed by atoms with Crippen LogP contribution >= 0.6 is 0 Å². The molecule has 4 nitrogen and oxygen atoms in total. The first kappa shape index (κ1) is 13.2. The van der Waals surface area contributed by atoms with Crippen molar-refractivity contribution in [2.24, 2.45) is 0 Å². The Morgan fingerprint density at radius 3 is 2.76 bits per heavy atom. The third-order valence-electron chi connectivity index (χ3n) is 3.28. The van der Waals surface area contributed by atoms with Crippen molar-refractivity contribution in [2.45, 2.75) is 13.5 Å². The molecule has 0 saturated carbocycles. The van der Waals surface area contributed by atoms with Gasteiger partial charge >= 0.3 is 0 Å². The zero-order chi connectivity index (χ0) is 14.7. The normalized spacial score (nSPS) is 10.5. The first-order valence-electron chi connectivity index (χ1n) is 6.77. The van der Waals surface area contributed by atoms with E-state index in [0.29, 0.717) is 17.6 Å². The molecule has 3 aromatic rings. The van der Waals surface area contributed by atoms with Crippen LogP contribution in [-0.2, 0) is 6.54 Å². The zero-order valence-electron chi connectivity index (χ0n) is 11.7. The first-order chi connectivity index (χ1) is 10.2. The Morgan fingerprint density at radius 1 is 1.10 bits per heavy atom. The van der Waals surface area contributed by atoms with E-state index in [4.69, 9.17) is 0 Å². The Labute approximate surface area is 122 Å². The summed E-state index contributed by atoms with van der Waals surface area (Å²) in [5.41, 5.74) is 4.16. The molecule has 21 heavy (non-hydrogen) atoms. The average molecular weight is 277 g/mol. The highest BCUT2D eigenvalue weighted by Gasteiger charge is 2.10. The maximum absolute atomic E-state index is 12.3.